The van der Waals surface area contributed by atoms with Gasteiger partial charge >= 0.3 is 35.8 Å². The highest BCUT2D eigenvalue weighted by Gasteiger charge is 2.39. The third-order valence-corrected chi connectivity index (χ3v) is 11.5. The Labute approximate surface area is 395 Å². The highest BCUT2D eigenvalue weighted by Crippen LogP contribution is 2.40. The Morgan fingerprint density at radius 2 is 1.09 bits per heavy atom. The number of hydrogen-bond acceptors (Lipinski definition) is 13. The third-order valence-electron chi connectivity index (χ3n) is 11.5. The Kier molecular flexibility index (Phi) is 22.7. The van der Waals surface area contributed by atoms with Crippen LogP contribution in [0.25, 0.3) is 11.1 Å². The van der Waals surface area contributed by atoms with Crippen molar-refractivity contribution < 1.29 is 66.3 Å². The van der Waals surface area contributed by atoms with Gasteiger partial charge in [-0.25, -0.2) is 33.2 Å². The molecule has 14 heteroatoms. The molecule has 0 bridgehead atoms. The van der Waals surface area contributed by atoms with Crippen molar-refractivity contribution in [2.45, 2.75) is 118 Å². The molecule has 1 saturated carbocycles. The van der Waals surface area contributed by atoms with Gasteiger partial charge in [0.15, 0.2) is 0 Å². The lowest BCUT2D eigenvalue weighted by Crippen LogP contribution is -2.45. The summed E-state index contributed by atoms with van der Waals surface area (Å²) in [6.07, 6.45) is 10.2. The summed E-state index contributed by atoms with van der Waals surface area (Å²) in [5.41, 5.74) is 1.83. The fourth-order valence-corrected chi connectivity index (χ4v) is 7.57. The summed E-state index contributed by atoms with van der Waals surface area (Å²) < 4.78 is 54.9. The molecule has 0 aliphatic heterocycles. The molecule has 2 aromatic rings. The summed E-state index contributed by atoms with van der Waals surface area (Å²) >= 11 is 0. The van der Waals surface area contributed by atoms with Gasteiger partial charge in [-0.3, -0.25) is 0 Å². The van der Waals surface area contributed by atoms with Gasteiger partial charge < -0.3 is 33.2 Å². The topological polar surface area (TPSA) is 167 Å². The van der Waals surface area contributed by atoms with Crippen molar-refractivity contribution >= 4 is 35.8 Å². The minimum Gasteiger partial charge on any atom is -0.492 e. The summed E-state index contributed by atoms with van der Waals surface area (Å²) in [5.74, 6) is -4.58. The third kappa shape index (κ3) is 17.9. The first-order chi connectivity index (χ1) is 31.8. The molecule has 0 atom stereocenters. The van der Waals surface area contributed by atoms with E-state index in [0.29, 0.717) is 41.0 Å². The second-order valence-corrected chi connectivity index (χ2v) is 17.7. The molecule has 366 valence electrons. The number of rotatable bonds is 27. The highest BCUT2D eigenvalue weighted by molar-refractivity contribution is 6.29. The molecular weight excluding hydrogens is 864 g/mol. The summed E-state index contributed by atoms with van der Waals surface area (Å²) in [6, 6.07) is 8.96. The number of esters is 6. The van der Waals surface area contributed by atoms with Crippen molar-refractivity contribution in [2.75, 3.05) is 46.8 Å². The predicted molar refractivity (Wildman–Crippen MR) is 251 cm³/mol. The van der Waals surface area contributed by atoms with E-state index in [1.54, 1.807) is 24.3 Å². The van der Waals surface area contributed by atoms with Crippen molar-refractivity contribution in [2.24, 2.45) is 11.3 Å². The first-order valence-electron chi connectivity index (χ1n) is 22.9. The van der Waals surface area contributed by atoms with Crippen molar-refractivity contribution in [3.8, 4) is 16.9 Å². The zero-order chi connectivity index (χ0) is 49.7. The van der Waals surface area contributed by atoms with Crippen LogP contribution in [0.1, 0.15) is 121 Å². The molecule has 67 heavy (non-hydrogen) atoms. The maximum atomic E-state index is 16.5. The van der Waals surface area contributed by atoms with Gasteiger partial charge in [-0.1, -0.05) is 71.1 Å². The molecule has 0 amide bonds. The summed E-state index contributed by atoms with van der Waals surface area (Å²) in [4.78, 5) is 74.9. The smallest absolute Gasteiger partial charge is 0.417 e. The van der Waals surface area contributed by atoms with E-state index in [-0.39, 0.29) is 60.0 Å². The average molecular weight is 933 g/mol. The average Bonchev–Trinajstić information content (AvgIpc) is 3.30. The number of hydrogen-bond donors (Lipinski definition) is 0. The van der Waals surface area contributed by atoms with Crippen LogP contribution in [-0.2, 0) is 70.0 Å². The minimum absolute atomic E-state index is 0.00653. The van der Waals surface area contributed by atoms with Crippen LogP contribution in [0.2, 0.25) is 0 Å². The monoisotopic (exact) mass is 932 g/mol. The van der Waals surface area contributed by atoms with Gasteiger partial charge in [0, 0.05) is 27.9 Å². The standard InChI is InChI=1S/C53H69FO13/c1-11-12-13-16-38-19-21-39(22-20-38)40-23-24-44(45(54)29-40)43-27-41(17-14-25-62-47(55)34(2)3)46(42(28-43)18-15-26-63-48(56)35(4)5)64-30-53(31-65-49(57)36(6)7,32-66-50(58)37(8)9)33-67-52(60)51(59)61-10/h23-24,27-29,38-39H,2,4,6,8,11-22,25-26,30-33H2,1,3,5,7,9-10H3. The zero-order valence-electron chi connectivity index (χ0n) is 40.3. The van der Waals surface area contributed by atoms with Gasteiger partial charge in [-0.2, -0.15) is 0 Å². The molecule has 0 aromatic heterocycles. The molecule has 1 fully saturated rings. The number of benzene rings is 2. The van der Waals surface area contributed by atoms with Crippen molar-refractivity contribution in [1.29, 1.82) is 0 Å². The Balaban J connectivity index is 2.17. The lowest BCUT2D eigenvalue weighted by Gasteiger charge is -2.32. The second-order valence-electron chi connectivity index (χ2n) is 17.7. The van der Waals surface area contributed by atoms with E-state index in [1.165, 1.54) is 53.4 Å². The van der Waals surface area contributed by atoms with Gasteiger partial charge in [0.25, 0.3) is 0 Å². The van der Waals surface area contributed by atoms with Gasteiger partial charge in [0.1, 0.15) is 43.4 Å². The van der Waals surface area contributed by atoms with E-state index in [2.05, 4.69) is 38.0 Å². The minimum atomic E-state index is -1.66. The van der Waals surface area contributed by atoms with Crippen LogP contribution in [-0.4, -0.2) is 82.6 Å². The molecule has 0 saturated heterocycles. The Bertz CT molecular complexity index is 2040. The van der Waals surface area contributed by atoms with Crippen molar-refractivity contribution in [3.63, 3.8) is 0 Å². The second kappa shape index (κ2) is 27.6. The number of carbonyl (C=O) groups excluding carboxylic acids is 6. The van der Waals surface area contributed by atoms with Crippen LogP contribution in [0.5, 0.6) is 5.75 Å². The van der Waals surface area contributed by atoms with Gasteiger partial charge in [-0.05, 0) is 131 Å². The van der Waals surface area contributed by atoms with E-state index in [1.807, 2.05) is 6.07 Å². The number of ether oxygens (including phenoxy) is 7. The largest absolute Gasteiger partial charge is 0.492 e. The fraction of sp³-hybridized carbons (Fsp3) is 0.509. The molecular formula is C53H69FO13. The lowest BCUT2D eigenvalue weighted by atomic mass is 9.77. The Morgan fingerprint density at radius 3 is 1.54 bits per heavy atom. The van der Waals surface area contributed by atoms with Gasteiger partial charge in [0.2, 0.25) is 0 Å². The summed E-state index contributed by atoms with van der Waals surface area (Å²) in [5, 5.41) is 0. The van der Waals surface area contributed by atoms with E-state index < -0.39 is 73.5 Å². The normalized spacial score (nSPS) is 14.5. The Morgan fingerprint density at radius 1 is 0.612 bits per heavy atom. The van der Waals surface area contributed by atoms with Crippen LogP contribution >= 0.6 is 0 Å². The van der Waals surface area contributed by atoms with E-state index in [0.717, 1.165) is 38.4 Å². The molecule has 1 aliphatic rings. The molecule has 0 heterocycles. The van der Waals surface area contributed by atoms with E-state index >= 15 is 4.39 Å². The highest BCUT2D eigenvalue weighted by atomic mass is 19.1. The zero-order valence-corrected chi connectivity index (χ0v) is 40.3. The predicted octanol–water partition coefficient (Wildman–Crippen LogP) is 9.77. The molecule has 0 unspecified atom stereocenters. The quantitative estimate of drug-likeness (QED) is 0.0273. The van der Waals surface area contributed by atoms with E-state index in [4.69, 9.17) is 28.4 Å². The molecule has 13 nitrogen and oxygen atoms in total. The summed E-state index contributed by atoms with van der Waals surface area (Å²) in [7, 11) is 0.996. The molecule has 1 aliphatic carbocycles. The fourth-order valence-electron chi connectivity index (χ4n) is 7.57. The maximum absolute atomic E-state index is 16.5. The van der Waals surface area contributed by atoms with E-state index in [9.17, 15) is 28.8 Å². The lowest BCUT2D eigenvalue weighted by molar-refractivity contribution is -0.173. The van der Waals surface area contributed by atoms with Crippen LogP contribution in [0, 0.1) is 17.2 Å². The van der Waals surface area contributed by atoms with Crippen molar-refractivity contribution in [3.05, 3.63) is 101 Å². The van der Waals surface area contributed by atoms with Crippen LogP contribution in [0.15, 0.2) is 78.9 Å². The molecule has 0 spiro atoms. The molecule has 0 radical (unpaired) electrons. The van der Waals surface area contributed by atoms with Gasteiger partial charge in [-0.15, -0.1) is 0 Å². The first-order valence-corrected chi connectivity index (χ1v) is 22.9. The number of methoxy groups -OCH3 is 1. The number of unbranched alkanes of at least 4 members (excludes halogenated alkanes) is 2. The van der Waals surface area contributed by atoms with Crippen LogP contribution < -0.4 is 4.74 Å². The van der Waals surface area contributed by atoms with Crippen LogP contribution in [0.4, 0.5) is 4.39 Å². The molecule has 0 N–H and O–H groups in total. The number of aryl methyl sites for hydroxylation is 2. The number of carbonyl (C=O) groups is 6. The van der Waals surface area contributed by atoms with Crippen LogP contribution in [0.3, 0.4) is 0 Å². The van der Waals surface area contributed by atoms with Gasteiger partial charge in [0.05, 0.1) is 20.3 Å². The molecule has 2 aromatic carbocycles. The SMILES string of the molecule is C=C(C)C(=O)OCCCc1cc(-c2ccc(C3CCC(CCCCC)CC3)cc2F)cc(CCCOC(=O)C(=C)C)c1OCC(COC(=O)C(=C)C)(COC(=O)C(=C)C)COC(=O)C(=O)OC. The maximum Gasteiger partial charge on any atom is 0.417 e. The molecule has 3 rings (SSSR count). The number of halogens is 1. The first kappa shape index (κ1) is 55.3. The summed E-state index contributed by atoms with van der Waals surface area (Å²) in [6.45, 7) is 20.5. The van der Waals surface area contributed by atoms with Crippen molar-refractivity contribution in [1.82, 2.24) is 0 Å². The Hall–Kier alpha value is -6.05.